The molecule has 1 aromatic heterocycles. The molecule has 2 fully saturated rings. The summed E-state index contributed by atoms with van der Waals surface area (Å²) in [6.45, 7) is 1.61. The molecule has 6 nitrogen and oxygen atoms in total. The van der Waals surface area contributed by atoms with E-state index in [1.807, 2.05) is 4.90 Å². The first-order chi connectivity index (χ1) is 10.1. The van der Waals surface area contributed by atoms with Crippen LogP contribution in [0.25, 0.3) is 0 Å². The van der Waals surface area contributed by atoms with E-state index in [0.29, 0.717) is 6.04 Å². The van der Waals surface area contributed by atoms with Crippen LogP contribution < -0.4 is 16.2 Å². The number of rotatable bonds is 2. The van der Waals surface area contributed by atoms with Crippen LogP contribution in [0.4, 0.5) is 16.0 Å². The van der Waals surface area contributed by atoms with Crippen molar-refractivity contribution in [3.63, 3.8) is 0 Å². The predicted molar refractivity (Wildman–Crippen MR) is 80.8 cm³/mol. The minimum Gasteiger partial charge on any atom is -0.348 e. The summed E-state index contributed by atoms with van der Waals surface area (Å²) in [6, 6.07) is 0.707. The summed E-state index contributed by atoms with van der Waals surface area (Å²) in [4.78, 5) is 12.3. The van der Waals surface area contributed by atoms with Gasteiger partial charge >= 0.3 is 0 Å². The van der Waals surface area contributed by atoms with E-state index in [2.05, 4.69) is 27.3 Å². The number of nitrogens with one attached hydrogen (secondary N) is 1. The van der Waals surface area contributed by atoms with Gasteiger partial charge in [-0.25, -0.2) is 5.84 Å². The zero-order valence-electron chi connectivity index (χ0n) is 12.0. The fourth-order valence-electron chi connectivity index (χ4n) is 3.52. The van der Waals surface area contributed by atoms with E-state index in [0.717, 1.165) is 32.4 Å². The van der Waals surface area contributed by atoms with Crippen molar-refractivity contribution in [3.05, 3.63) is 11.1 Å². The van der Waals surface area contributed by atoms with Crippen molar-refractivity contribution in [2.75, 3.05) is 30.5 Å². The highest BCUT2D eigenvalue weighted by atomic mass is 35.5. The highest BCUT2D eigenvalue weighted by Gasteiger charge is 2.38. The van der Waals surface area contributed by atoms with Crippen LogP contribution in [0.15, 0.2) is 0 Å². The largest absolute Gasteiger partial charge is 0.348 e. The number of nitrogens with two attached hydrogens (primary N) is 1. The second-order valence-electron chi connectivity index (χ2n) is 5.72. The Kier molecular flexibility index (Phi) is 4.14. The molecular weight excluding hydrogens is 295 g/mol. The van der Waals surface area contributed by atoms with Crippen molar-refractivity contribution in [1.82, 2.24) is 14.9 Å². The van der Waals surface area contributed by atoms with Gasteiger partial charge in [0, 0.05) is 25.2 Å². The molecule has 2 unspecified atom stereocenters. The van der Waals surface area contributed by atoms with Crippen LogP contribution in [-0.2, 0) is 0 Å². The van der Waals surface area contributed by atoms with Crippen molar-refractivity contribution < 1.29 is 4.39 Å². The molecule has 3 N–H and O–H groups in total. The average Bonchev–Trinajstić information content (AvgIpc) is 2.50. The molecule has 21 heavy (non-hydrogen) atoms. The molecule has 0 spiro atoms. The monoisotopic (exact) mass is 314 g/mol. The summed E-state index contributed by atoms with van der Waals surface area (Å²) in [5, 5.41) is 0.00522. The number of halogens is 2. The average molecular weight is 315 g/mol. The van der Waals surface area contributed by atoms with Gasteiger partial charge in [0.05, 0.1) is 0 Å². The fraction of sp³-hybridized carbons (Fsp3) is 0.692. The number of nitrogen functional groups attached to an aromatic ring is 1. The first-order valence-electron chi connectivity index (χ1n) is 7.28. The van der Waals surface area contributed by atoms with Gasteiger partial charge in [-0.3, -0.25) is 4.90 Å². The first-order valence-corrected chi connectivity index (χ1v) is 7.66. The number of likely N-dealkylation sites (N-methyl/N-ethyl adjacent to an activating group) is 1. The van der Waals surface area contributed by atoms with Crippen LogP contribution in [0.3, 0.4) is 0 Å². The van der Waals surface area contributed by atoms with Gasteiger partial charge in [0.15, 0.2) is 11.6 Å². The molecule has 1 aromatic rings. The van der Waals surface area contributed by atoms with E-state index < -0.39 is 5.82 Å². The Balaban J connectivity index is 1.97. The Hall–Kier alpha value is -1.18. The van der Waals surface area contributed by atoms with Gasteiger partial charge in [-0.05, 0) is 31.5 Å². The SMILES string of the molecule is CN1CCN(c2nc(Cl)nc(NN)c2F)C2CCCCC21. The number of hydrazine groups is 1. The fourth-order valence-corrected chi connectivity index (χ4v) is 3.69. The van der Waals surface area contributed by atoms with Crippen LogP contribution in [0, 0.1) is 5.82 Å². The summed E-state index contributed by atoms with van der Waals surface area (Å²) >= 11 is 5.90. The maximum atomic E-state index is 14.5. The number of nitrogens with zero attached hydrogens (tertiary/aromatic N) is 4. The Morgan fingerprint density at radius 3 is 2.67 bits per heavy atom. The van der Waals surface area contributed by atoms with Gasteiger partial charge in [-0.15, -0.1) is 0 Å². The molecular formula is C13H20ClFN6. The second-order valence-corrected chi connectivity index (χ2v) is 6.05. The van der Waals surface area contributed by atoms with Gasteiger partial charge in [-0.1, -0.05) is 12.8 Å². The third-order valence-corrected chi connectivity index (χ3v) is 4.74. The van der Waals surface area contributed by atoms with Crippen LogP contribution in [-0.4, -0.2) is 47.1 Å². The Bertz CT molecular complexity index is 528. The Labute approximate surface area is 128 Å². The van der Waals surface area contributed by atoms with Crippen LogP contribution in [0.2, 0.25) is 5.28 Å². The number of piperazine rings is 1. The van der Waals surface area contributed by atoms with Crippen molar-refractivity contribution in [1.29, 1.82) is 0 Å². The molecule has 1 saturated heterocycles. The molecule has 0 amide bonds. The summed E-state index contributed by atoms with van der Waals surface area (Å²) in [7, 11) is 2.14. The molecule has 2 atom stereocenters. The summed E-state index contributed by atoms with van der Waals surface area (Å²) in [5.74, 6) is 4.97. The number of anilines is 2. The van der Waals surface area contributed by atoms with E-state index in [-0.39, 0.29) is 23.0 Å². The van der Waals surface area contributed by atoms with Crippen molar-refractivity contribution in [3.8, 4) is 0 Å². The molecule has 1 aliphatic heterocycles. The third kappa shape index (κ3) is 2.65. The van der Waals surface area contributed by atoms with Gasteiger partial charge in [0.25, 0.3) is 0 Å². The van der Waals surface area contributed by atoms with Crippen LogP contribution in [0.1, 0.15) is 25.7 Å². The molecule has 1 saturated carbocycles. The minimum absolute atomic E-state index is 0.00522. The van der Waals surface area contributed by atoms with E-state index >= 15 is 0 Å². The zero-order chi connectivity index (χ0) is 15.0. The van der Waals surface area contributed by atoms with Crippen molar-refractivity contribution in [2.24, 2.45) is 5.84 Å². The Morgan fingerprint density at radius 2 is 1.95 bits per heavy atom. The zero-order valence-corrected chi connectivity index (χ0v) is 12.8. The molecule has 0 aromatic carbocycles. The minimum atomic E-state index is -0.532. The van der Waals surface area contributed by atoms with E-state index in [9.17, 15) is 4.39 Å². The van der Waals surface area contributed by atoms with Crippen molar-refractivity contribution >= 4 is 23.2 Å². The molecule has 1 aliphatic carbocycles. The lowest BCUT2D eigenvalue weighted by atomic mass is 9.86. The van der Waals surface area contributed by atoms with Gasteiger partial charge in [-0.2, -0.15) is 14.4 Å². The van der Waals surface area contributed by atoms with E-state index in [1.54, 1.807) is 0 Å². The van der Waals surface area contributed by atoms with E-state index in [4.69, 9.17) is 17.4 Å². The molecule has 0 bridgehead atoms. The molecule has 116 valence electrons. The highest BCUT2D eigenvalue weighted by molar-refractivity contribution is 6.28. The molecule has 3 rings (SSSR count). The van der Waals surface area contributed by atoms with Crippen LogP contribution in [0.5, 0.6) is 0 Å². The lowest BCUT2D eigenvalue weighted by Gasteiger charge is -2.49. The summed E-state index contributed by atoms with van der Waals surface area (Å²) in [5.41, 5.74) is 2.25. The summed E-state index contributed by atoms with van der Waals surface area (Å²) < 4.78 is 14.5. The molecule has 2 aliphatic rings. The smallest absolute Gasteiger partial charge is 0.226 e. The quantitative estimate of drug-likeness (QED) is 0.491. The summed E-state index contributed by atoms with van der Waals surface area (Å²) in [6.07, 6.45) is 4.57. The lowest BCUT2D eigenvalue weighted by Crippen LogP contribution is -2.60. The molecule has 0 radical (unpaired) electrons. The molecule has 2 heterocycles. The Morgan fingerprint density at radius 1 is 1.24 bits per heavy atom. The molecule has 8 heteroatoms. The second kappa shape index (κ2) is 5.90. The topological polar surface area (TPSA) is 70.3 Å². The predicted octanol–water partition coefficient (Wildman–Crippen LogP) is 1.62. The normalized spacial score (nSPS) is 26.6. The first kappa shape index (κ1) is 14.7. The van der Waals surface area contributed by atoms with Gasteiger partial charge in [0.1, 0.15) is 0 Å². The lowest BCUT2D eigenvalue weighted by molar-refractivity contribution is 0.134. The number of hydrogen-bond acceptors (Lipinski definition) is 6. The van der Waals surface area contributed by atoms with Crippen LogP contribution >= 0.6 is 11.6 Å². The van der Waals surface area contributed by atoms with Gasteiger partial charge in [0.2, 0.25) is 11.1 Å². The van der Waals surface area contributed by atoms with Crippen molar-refractivity contribution in [2.45, 2.75) is 37.8 Å². The number of hydrogen-bond donors (Lipinski definition) is 2. The van der Waals surface area contributed by atoms with Gasteiger partial charge < -0.3 is 10.3 Å². The number of fused-ring (bicyclic) bond motifs is 1. The number of aromatic nitrogens is 2. The standard InChI is InChI=1S/C13H20ClFN6/c1-20-6-7-21(9-5-3-2-4-8(9)20)12-10(15)11(19-16)17-13(14)18-12/h8-9H,2-7,16H2,1H3,(H,17,18,19). The van der Waals surface area contributed by atoms with E-state index in [1.165, 1.54) is 6.42 Å². The maximum absolute atomic E-state index is 14.5. The third-order valence-electron chi connectivity index (χ3n) is 4.57. The maximum Gasteiger partial charge on any atom is 0.226 e. The highest BCUT2D eigenvalue weighted by Crippen LogP contribution is 2.34.